The van der Waals surface area contributed by atoms with E-state index in [1.54, 1.807) is 0 Å². The molecule has 0 saturated carbocycles. The van der Waals surface area contributed by atoms with E-state index in [0.717, 1.165) is 13.2 Å². The number of hydrogen-bond donors (Lipinski definition) is 0. The molecule has 2 rings (SSSR count). The van der Waals surface area contributed by atoms with Gasteiger partial charge in [-0.25, -0.2) is 4.79 Å². The highest BCUT2D eigenvalue weighted by atomic mass is 35.5. The average Bonchev–Trinajstić information content (AvgIpc) is 2.56. The van der Waals surface area contributed by atoms with Gasteiger partial charge in [0.25, 0.3) is 0 Å². The Kier molecular flexibility index (Phi) is 5.34. The minimum absolute atomic E-state index is 0.00463. The highest BCUT2D eigenvalue weighted by molar-refractivity contribution is 7.87. The maximum Gasteiger partial charge on any atom is 0.340 e. The maximum absolute atomic E-state index is 12.4. The summed E-state index contributed by atoms with van der Waals surface area (Å²) in [4.78, 5) is 11.1. The fourth-order valence-electron chi connectivity index (χ4n) is 1.74. The van der Waals surface area contributed by atoms with Crippen LogP contribution in [0.15, 0.2) is 41.3 Å². The molecule has 2 aromatic rings. The van der Waals surface area contributed by atoms with E-state index in [2.05, 4.69) is 4.74 Å². The van der Waals surface area contributed by atoms with Crippen molar-refractivity contribution >= 4 is 39.3 Å². The van der Waals surface area contributed by atoms with Gasteiger partial charge in [0.05, 0.1) is 34.4 Å². The minimum atomic E-state index is -4.36. The number of benzene rings is 2. The first-order valence-electron chi connectivity index (χ1n) is 6.30. The van der Waals surface area contributed by atoms with Crippen LogP contribution in [0.4, 0.5) is 0 Å². The lowest BCUT2D eigenvalue weighted by Crippen LogP contribution is -2.12. The Morgan fingerprint density at radius 3 is 2.42 bits per heavy atom. The van der Waals surface area contributed by atoms with Crippen LogP contribution in [0, 0.1) is 11.3 Å². The molecule has 0 bridgehead atoms. The summed E-state index contributed by atoms with van der Waals surface area (Å²) in [5, 5.41) is 8.59. The normalized spacial score (nSPS) is 10.8. The highest BCUT2D eigenvalue weighted by Crippen LogP contribution is 2.31. The van der Waals surface area contributed by atoms with E-state index < -0.39 is 21.0 Å². The molecule has 0 fully saturated rings. The van der Waals surface area contributed by atoms with Crippen LogP contribution in [0.2, 0.25) is 10.0 Å². The zero-order chi connectivity index (χ0) is 17.9. The van der Waals surface area contributed by atoms with Crippen LogP contribution < -0.4 is 4.18 Å². The van der Waals surface area contributed by atoms with Crippen LogP contribution in [0.1, 0.15) is 15.9 Å². The van der Waals surface area contributed by atoms with Crippen molar-refractivity contribution in [2.45, 2.75) is 4.90 Å². The Bertz CT molecular complexity index is 951. The number of carbonyl (C=O) groups is 1. The lowest BCUT2D eigenvalue weighted by atomic mass is 10.2. The van der Waals surface area contributed by atoms with Gasteiger partial charge in [0, 0.05) is 0 Å². The molecular formula is C15H9Cl2NO5S. The van der Waals surface area contributed by atoms with Crippen LogP contribution in [0.3, 0.4) is 0 Å². The van der Waals surface area contributed by atoms with E-state index in [1.165, 1.54) is 30.3 Å². The number of hydrogen-bond acceptors (Lipinski definition) is 6. The molecular weight excluding hydrogens is 377 g/mol. The minimum Gasteiger partial charge on any atom is -0.465 e. The zero-order valence-electron chi connectivity index (χ0n) is 12.1. The summed E-state index contributed by atoms with van der Waals surface area (Å²) in [7, 11) is -3.19. The molecule has 6 nitrogen and oxygen atoms in total. The van der Waals surface area contributed by atoms with Crippen molar-refractivity contribution in [2.24, 2.45) is 0 Å². The lowest BCUT2D eigenvalue weighted by Gasteiger charge is -2.11. The Morgan fingerprint density at radius 2 is 1.83 bits per heavy atom. The average molecular weight is 386 g/mol. The summed E-state index contributed by atoms with van der Waals surface area (Å²) in [6.45, 7) is 0. The second kappa shape index (κ2) is 7.09. The van der Waals surface area contributed by atoms with Gasteiger partial charge in [-0.3, -0.25) is 0 Å². The molecule has 0 amide bonds. The van der Waals surface area contributed by atoms with Gasteiger partial charge in [-0.05, 0) is 36.4 Å². The van der Waals surface area contributed by atoms with Crippen LogP contribution in [-0.4, -0.2) is 21.5 Å². The molecule has 124 valence electrons. The smallest absolute Gasteiger partial charge is 0.340 e. The summed E-state index contributed by atoms with van der Waals surface area (Å²) < 4.78 is 34.3. The molecule has 0 spiro atoms. The molecule has 0 saturated heterocycles. The number of nitrogens with zero attached hydrogens (tertiary/aromatic N) is 1. The van der Waals surface area contributed by atoms with Gasteiger partial charge in [-0.2, -0.15) is 13.7 Å². The van der Waals surface area contributed by atoms with E-state index in [9.17, 15) is 13.2 Å². The first kappa shape index (κ1) is 18.1. The third-order valence-corrected chi connectivity index (χ3v) is 4.89. The van der Waals surface area contributed by atoms with E-state index in [1.807, 2.05) is 6.07 Å². The van der Waals surface area contributed by atoms with Crippen molar-refractivity contribution in [3.63, 3.8) is 0 Å². The van der Waals surface area contributed by atoms with E-state index >= 15 is 0 Å². The van der Waals surface area contributed by atoms with Crippen LogP contribution in [-0.2, 0) is 14.9 Å². The molecule has 0 atom stereocenters. The summed E-state index contributed by atoms with van der Waals surface area (Å²) in [5.41, 5.74) is 0.241. The van der Waals surface area contributed by atoms with Crippen molar-refractivity contribution in [3.05, 3.63) is 57.6 Å². The summed E-state index contributed by atoms with van der Waals surface area (Å²) in [5.74, 6) is -0.894. The Balaban J connectivity index is 2.44. The second-order valence-corrected chi connectivity index (χ2v) is 6.76. The fourth-order valence-corrected chi connectivity index (χ4v) is 3.46. The zero-order valence-corrected chi connectivity index (χ0v) is 14.4. The molecule has 0 aliphatic rings. The molecule has 9 heteroatoms. The summed E-state index contributed by atoms with van der Waals surface area (Å²) in [6.07, 6.45) is 0. The van der Waals surface area contributed by atoms with Crippen molar-refractivity contribution in [2.75, 3.05) is 7.11 Å². The monoisotopic (exact) mass is 385 g/mol. The van der Waals surface area contributed by atoms with Gasteiger partial charge < -0.3 is 8.92 Å². The number of rotatable bonds is 4. The summed E-state index contributed by atoms with van der Waals surface area (Å²) in [6, 6.07) is 9.33. The molecule has 0 unspecified atom stereocenters. The molecule has 0 N–H and O–H groups in total. The molecule has 0 radical (unpaired) electrons. The van der Waals surface area contributed by atoms with Gasteiger partial charge >= 0.3 is 16.1 Å². The third kappa shape index (κ3) is 3.79. The lowest BCUT2D eigenvalue weighted by molar-refractivity contribution is 0.0600. The van der Waals surface area contributed by atoms with Gasteiger partial charge in [0.1, 0.15) is 4.90 Å². The number of nitriles is 1. The Hall–Kier alpha value is -2.27. The standard InChI is InChI=1S/C15H9Cl2NO5S/c1-22-15(19)10-3-4-11(16)14(7-10)24(20,21)23-13-5-2-9(8-18)6-12(13)17/h2-7H,1H3. The molecule has 0 aliphatic heterocycles. The van der Waals surface area contributed by atoms with Gasteiger partial charge in [-0.1, -0.05) is 23.2 Å². The first-order chi connectivity index (χ1) is 11.3. The molecule has 24 heavy (non-hydrogen) atoms. The van der Waals surface area contributed by atoms with Crippen LogP contribution in [0.5, 0.6) is 5.75 Å². The number of esters is 1. The van der Waals surface area contributed by atoms with E-state index in [0.29, 0.717) is 0 Å². The van der Waals surface area contributed by atoms with E-state index in [-0.39, 0.29) is 26.9 Å². The second-order valence-electron chi connectivity index (χ2n) is 4.43. The largest absolute Gasteiger partial charge is 0.465 e. The number of ether oxygens (including phenoxy) is 1. The van der Waals surface area contributed by atoms with Crippen molar-refractivity contribution in [1.29, 1.82) is 5.26 Å². The predicted octanol–water partition coefficient (Wildman–Crippen LogP) is 3.42. The van der Waals surface area contributed by atoms with Crippen molar-refractivity contribution in [1.82, 2.24) is 0 Å². The third-order valence-electron chi connectivity index (χ3n) is 2.88. The van der Waals surface area contributed by atoms with Gasteiger partial charge in [0.15, 0.2) is 5.75 Å². The maximum atomic E-state index is 12.4. The number of methoxy groups -OCH3 is 1. The van der Waals surface area contributed by atoms with Gasteiger partial charge in [-0.15, -0.1) is 0 Å². The summed E-state index contributed by atoms with van der Waals surface area (Å²) >= 11 is 11.8. The van der Waals surface area contributed by atoms with E-state index in [4.69, 9.17) is 32.6 Å². The quantitative estimate of drug-likeness (QED) is 0.591. The fraction of sp³-hybridized carbons (Fsp3) is 0.0667. The SMILES string of the molecule is COC(=O)c1ccc(Cl)c(S(=O)(=O)Oc2ccc(C#N)cc2Cl)c1. The predicted molar refractivity (Wildman–Crippen MR) is 86.8 cm³/mol. The topological polar surface area (TPSA) is 93.5 Å². The van der Waals surface area contributed by atoms with Crippen molar-refractivity contribution in [3.8, 4) is 11.8 Å². The van der Waals surface area contributed by atoms with Crippen LogP contribution >= 0.6 is 23.2 Å². The van der Waals surface area contributed by atoms with Crippen LogP contribution in [0.25, 0.3) is 0 Å². The number of halogens is 2. The Morgan fingerprint density at radius 1 is 1.12 bits per heavy atom. The van der Waals surface area contributed by atoms with Crippen molar-refractivity contribution < 1.29 is 22.1 Å². The highest BCUT2D eigenvalue weighted by Gasteiger charge is 2.23. The van der Waals surface area contributed by atoms with Gasteiger partial charge in [0.2, 0.25) is 0 Å². The molecule has 0 heterocycles. The molecule has 2 aromatic carbocycles. The molecule has 0 aromatic heterocycles. The number of carbonyl (C=O) groups excluding carboxylic acids is 1. The Labute approximate surface area is 148 Å². The molecule has 0 aliphatic carbocycles. The first-order valence-corrected chi connectivity index (χ1v) is 8.47.